The zero-order chi connectivity index (χ0) is 14.0. The highest BCUT2D eigenvalue weighted by molar-refractivity contribution is 6.40. The number of benzene rings is 1. The van der Waals surface area contributed by atoms with E-state index in [0.29, 0.717) is 22.3 Å². The lowest BCUT2D eigenvalue weighted by atomic mass is 10.2. The summed E-state index contributed by atoms with van der Waals surface area (Å²) in [4.78, 5) is 14.1. The van der Waals surface area contributed by atoms with Crippen molar-refractivity contribution in [3.05, 3.63) is 27.7 Å². The van der Waals surface area contributed by atoms with E-state index in [9.17, 15) is 4.79 Å². The van der Waals surface area contributed by atoms with Crippen LogP contribution in [0, 0.1) is 6.92 Å². The molecule has 1 atom stereocenters. The van der Waals surface area contributed by atoms with Gasteiger partial charge in [0, 0.05) is 6.54 Å². The molecule has 1 aromatic carbocycles. The second-order valence-electron chi connectivity index (χ2n) is 4.81. The molecule has 3 nitrogen and oxygen atoms in total. The summed E-state index contributed by atoms with van der Waals surface area (Å²) in [5.41, 5.74) is 1.58. The maximum Gasteiger partial charge on any atom is 0.244 e. The fraction of sp³-hybridized carbons (Fsp3) is 0.500. The van der Waals surface area contributed by atoms with E-state index in [1.807, 2.05) is 13.0 Å². The fourth-order valence-corrected chi connectivity index (χ4v) is 2.87. The number of nitrogens with zero attached hydrogens (tertiary/aromatic N) is 1. The molecule has 0 spiro atoms. The molecule has 1 N–H and O–H groups in total. The number of amides is 1. The summed E-state index contributed by atoms with van der Waals surface area (Å²) in [6.07, 6.45) is 1.80. The summed E-state index contributed by atoms with van der Waals surface area (Å²) in [6.45, 7) is 5.50. The number of anilines is 1. The van der Waals surface area contributed by atoms with Crippen molar-refractivity contribution < 1.29 is 4.79 Å². The summed E-state index contributed by atoms with van der Waals surface area (Å²) >= 11 is 12.5. The maximum atomic E-state index is 12.4. The number of aryl methyl sites for hydroxylation is 1. The third-order valence-electron chi connectivity index (χ3n) is 3.38. The van der Waals surface area contributed by atoms with Gasteiger partial charge < -0.3 is 10.2 Å². The van der Waals surface area contributed by atoms with Crippen LogP contribution in [0.5, 0.6) is 0 Å². The van der Waals surface area contributed by atoms with Gasteiger partial charge in [-0.15, -0.1) is 0 Å². The Kier molecular flexibility index (Phi) is 4.71. The van der Waals surface area contributed by atoms with Crippen molar-refractivity contribution in [3.63, 3.8) is 0 Å². The van der Waals surface area contributed by atoms with Crippen LogP contribution in [0.3, 0.4) is 0 Å². The van der Waals surface area contributed by atoms with Crippen LogP contribution < -0.4 is 10.2 Å². The van der Waals surface area contributed by atoms with Gasteiger partial charge in [0.05, 0.1) is 21.8 Å². The molecule has 2 rings (SSSR count). The van der Waals surface area contributed by atoms with Crippen LogP contribution in [-0.2, 0) is 4.79 Å². The quantitative estimate of drug-likeness (QED) is 0.924. The first-order chi connectivity index (χ1) is 9.06. The van der Waals surface area contributed by atoms with Crippen LogP contribution in [0.15, 0.2) is 12.1 Å². The molecule has 0 radical (unpaired) electrons. The van der Waals surface area contributed by atoms with Crippen molar-refractivity contribution in [2.75, 3.05) is 18.0 Å². The Balaban J connectivity index is 2.25. The minimum absolute atomic E-state index is 0.0582. The van der Waals surface area contributed by atoms with Crippen LogP contribution >= 0.6 is 23.2 Å². The van der Waals surface area contributed by atoms with Crippen LogP contribution in [0.25, 0.3) is 0 Å². The molecule has 1 heterocycles. The summed E-state index contributed by atoms with van der Waals surface area (Å²) in [6, 6.07) is 3.53. The fourth-order valence-electron chi connectivity index (χ4n) is 2.30. The van der Waals surface area contributed by atoms with Crippen molar-refractivity contribution in [3.8, 4) is 0 Å². The lowest BCUT2D eigenvalue weighted by molar-refractivity contribution is -0.118. The van der Waals surface area contributed by atoms with E-state index in [-0.39, 0.29) is 11.9 Å². The normalized spacial score (nSPS) is 19.3. The van der Waals surface area contributed by atoms with Crippen LogP contribution in [0.1, 0.15) is 25.3 Å². The molecule has 1 amide bonds. The molecule has 1 aliphatic heterocycles. The molecule has 0 aromatic heterocycles. The lowest BCUT2D eigenvalue weighted by Crippen LogP contribution is -2.38. The van der Waals surface area contributed by atoms with Crippen molar-refractivity contribution in [1.82, 2.24) is 5.32 Å². The Morgan fingerprint density at radius 2 is 2.16 bits per heavy atom. The molecular formula is C14H18Cl2N2O. The Bertz CT molecular complexity index is 491. The molecule has 1 aromatic rings. The Morgan fingerprint density at radius 3 is 2.84 bits per heavy atom. The number of carbonyl (C=O) groups excluding carboxylic acids is 1. The smallest absolute Gasteiger partial charge is 0.244 e. The molecular weight excluding hydrogens is 283 g/mol. The van der Waals surface area contributed by atoms with Crippen molar-refractivity contribution in [2.24, 2.45) is 0 Å². The van der Waals surface area contributed by atoms with E-state index >= 15 is 0 Å². The molecule has 0 saturated carbocycles. The summed E-state index contributed by atoms with van der Waals surface area (Å²) < 4.78 is 0. The standard InChI is InChI=1S/C14H18Cl2N2O/c1-3-7-17-11-6-8-18(14(11)19)13-10(15)5-4-9(2)12(13)16/h4-5,11,17H,3,6-8H2,1-2H3. The molecule has 1 aliphatic rings. The first kappa shape index (κ1) is 14.6. The average Bonchev–Trinajstić information content (AvgIpc) is 2.74. The Morgan fingerprint density at radius 1 is 1.42 bits per heavy atom. The molecule has 1 fully saturated rings. The molecule has 0 aliphatic carbocycles. The predicted octanol–water partition coefficient (Wildman–Crippen LogP) is 3.41. The number of hydrogen-bond acceptors (Lipinski definition) is 2. The summed E-state index contributed by atoms with van der Waals surface area (Å²) in [7, 11) is 0. The van der Waals surface area contributed by atoms with Crippen molar-refractivity contribution in [2.45, 2.75) is 32.7 Å². The number of carbonyl (C=O) groups is 1. The van der Waals surface area contributed by atoms with Crippen LogP contribution in [0.2, 0.25) is 10.0 Å². The van der Waals surface area contributed by atoms with Crippen molar-refractivity contribution >= 4 is 34.8 Å². The monoisotopic (exact) mass is 300 g/mol. The summed E-state index contributed by atoms with van der Waals surface area (Å²) in [5, 5.41) is 4.35. The molecule has 0 bridgehead atoms. The Hall–Kier alpha value is -0.770. The zero-order valence-electron chi connectivity index (χ0n) is 11.2. The SMILES string of the molecule is CCCNC1CCN(c2c(Cl)ccc(C)c2Cl)C1=O. The van der Waals surface area contributed by atoms with Gasteiger partial charge in [0.15, 0.2) is 0 Å². The van der Waals surface area contributed by atoms with Gasteiger partial charge in [0.1, 0.15) is 0 Å². The number of halogens is 2. The maximum absolute atomic E-state index is 12.4. The third-order valence-corrected chi connectivity index (χ3v) is 4.16. The van der Waals surface area contributed by atoms with Gasteiger partial charge in [-0.25, -0.2) is 0 Å². The second kappa shape index (κ2) is 6.12. The van der Waals surface area contributed by atoms with E-state index in [2.05, 4.69) is 12.2 Å². The molecule has 1 saturated heterocycles. The number of rotatable bonds is 4. The van der Waals surface area contributed by atoms with Gasteiger partial charge in [-0.2, -0.15) is 0 Å². The predicted molar refractivity (Wildman–Crippen MR) is 80.3 cm³/mol. The largest absolute Gasteiger partial charge is 0.308 e. The zero-order valence-corrected chi connectivity index (χ0v) is 12.7. The topological polar surface area (TPSA) is 32.3 Å². The highest BCUT2D eigenvalue weighted by Crippen LogP contribution is 2.38. The number of nitrogens with one attached hydrogen (secondary N) is 1. The van der Waals surface area contributed by atoms with Gasteiger partial charge in [-0.05, 0) is 37.9 Å². The minimum Gasteiger partial charge on any atom is -0.308 e. The highest BCUT2D eigenvalue weighted by Gasteiger charge is 2.34. The second-order valence-corrected chi connectivity index (χ2v) is 5.60. The van der Waals surface area contributed by atoms with Gasteiger partial charge in [-0.1, -0.05) is 36.2 Å². The molecule has 19 heavy (non-hydrogen) atoms. The lowest BCUT2D eigenvalue weighted by Gasteiger charge is -2.21. The van der Waals surface area contributed by atoms with Crippen LogP contribution in [0.4, 0.5) is 5.69 Å². The molecule has 104 valence electrons. The third kappa shape index (κ3) is 2.88. The van der Waals surface area contributed by atoms with E-state index in [1.165, 1.54) is 0 Å². The molecule has 1 unspecified atom stereocenters. The summed E-state index contributed by atoms with van der Waals surface area (Å²) in [5.74, 6) is 0.0582. The average molecular weight is 301 g/mol. The molecule has 5 heteroatoms. The van der Waals surface area contributed by atoms with Gasteiger partial charge in [-0.3, -0.25) is 4.79 Å². The van der Waals surface area contributed by atoms with Gasteiger partial charge >= 0.3 is 0 Å². The Labute approximate surface area is 123 Å². The first-order valence-corrected chi connectivity index (χ1v) is 7.31. The van der Waals surface area contributed by atoms with E-state index in [0.717, 1.165) is 24.9 Å². The van der Waals surface area contributed by atoms with Gasteiger partial charge in [0.25, 0.3) is 0 Å². The highest BCUT2D eigenvalue weighted by atomic mass is 35.5. The number of hydrogen-bond donors (Lipinski definition) is 1. The van der Waals surface area contributed by atoms with E-state index in [4.69, 9.17) is 23.2 Å². The van der Waals surface area contributed by atoms with Crippen molar-refractivity contribution in [1.29, 1.82) is 0 Å². The van der Waals surface area contributed by atoms with E-state index in [1.54, 1.807) is 11.0 Å². The van der Waals surface area contributed by atoms with E-state index < -0.39 is 0 Å². The first-order valence-electron chi connectivity index (χ1n) is 6.55. The minimum atomic E-state index is -0.118. The van der Waals surface area contributed by atoms with Gasteiger partial charge in [0.2, 0.25) is 5.91 Å². The van der Waals surface area contributed by atoms with Crippen LogP contribution in [-0.4, -0.2) is 25.0 Å².